The lowest BCUT2D eigenvalue weighted by Gasteiger charge is -2.07. The van der Waals surface area contributed by atoms with Crippen LogP contribution in [0.4, 0.5) is 0 Å². The van der Waals surface area contributed by atoms with Gasteiger partial charge < -0.3 is 9.47 Å². The van der Waals surface area contributed by atoms with E-state index in [1.165, 1.54) is 11.3 Å². The molecule has 1 aromatic carbocycles. The number of carbonyl (C=O) groups is 1. The van der Waals surface area contributed by atoms with Crippen molar-refractivity contribution in [2.45, 2.75) is 0 Å². The zero-order valence-electron chi connectivity index (χ0n) is 9.90. The summed E-state index contributed by atoms with van der Waals surface area (Å²) < 4.78 is 11.2. The SMILES string of the molecule is COc1cc(OC)cc(C(=O)c2cc(Br)cs2)c1. The van der Waals surface area contributed by atoms with Crippen molar-refractivity contribution in [1.29, 1.82) is 0 Å². The van der Waals surface area contributed by atoms with Gasteiger partial charge in [0.2, 0.25) is 5.78 Å². The first kappa shape index (κ1) is 13.1. The van der Waals surface area contributed by atoms with Crippen molar-refractivity contribution in [2.75, 3.05) is 14.2 Å². The minimum atomic E-state index is -0.0390. The van der Waals surface area contributed by atoms with Crippen LogP contribution in [0.25, 0.3) is 0 Å². The average molecular weight is 327 g/mol. The lowest BCUT2D eigenvalue weighted by molar-refractivity contribution is 0.104. The normalized spacial score (nSPS) is 10.2. The Morgan fingerprint density at radius 2 is 1.72 bits per heavy atom. The molecule has 0 atom stereocenters. The summed E-state index contributed by atoms with van der Waals surface area (Å²) in [6.45, 7) is 0. The second-order valence-electron chi connectivity index (χ2n) is 3.56. The molecule has 0 N–H and O–H groups in total. The summed E-state index contributed by atoms with van der Waals surface area (Å²) in [5.74, 6) is 1.17. The predicted molar refractivity (Wildman–Crippen MR) is 75.0 cm³/mol. The van der Waals surface area contributed by atoms with E-state index < -0.39 is 0 Å². The second-order valence-corrected chi connectivity index (χ2v) is 5.39. The summed E-state index contributed by atoms with van der Waals surface area (Å²) in [6, 6.07) is 6.96. The molecular weight excluding hydrogens is 316 g/mol. The third-order valence-corrected chi connectivity index (χ3v) is 4.09. The molecule has 18 heavy (non-hydrogen) atoms. The maximum absolute atomic E-state index is 12.3. The van der Waals surface area contributed by atoms with Crippen LogP contribution < -0.4 is 9.47 Å². The van der Waals surface area contributed by atoms with E-state index >= 15 is 0 Å². The highest BCUT2D eigenvalue weighted by Crippen LogP contribution is 2.27. The number of hydrogen-bond donors (Lipinski definition) is 0. The Morgan fingerprint density at radius 3 is 2.17 bits per heavy atom. The van der Waals surface area contributed by atoms with E-state index in [1.807, 2.05) is 5.38 Å². The van der Waals surface area contributed by atoms with Crippen molar-refractivity contribution in [3.05, 3.63) is 44.6 Å². The van der Waals surface area contributed by atoms with Gasteiger partial charge in [0.15, 0.2) is 0 Å². The number of carbonyl (C=O) groups excluding carboxylic acids is 1. The van der Waals surface area contributed by atoms with Crippen LogP contribution in [0, 0.1) is 0 Å². The highest BCUT2D eigenvalue weighted by atomic mass is 79.9. The Labute approximate surface area is 117 Å². The van der Waals surface area contributed by atoms with E-state index in [9.17, 15) is 4.79 Å². The fourth-order valence-electron chi connectivity index (χ4n) is 1.51. The van der Waals surface area contributed by atoms with Crippen LogP contribution in [0.5, 0.6) is 11.5 Å². The molecular formula is C13H11BrO3S. The highest BCUT2D eigenvalue weighted by molar-refractivity contribution is 9.10. The van der Waals surface area contributed by atoms with E-state index in [2.05, 4.69) is 15.9 Å². The zero-order chi connectivity index (χ0) is 13.1. The van der Waals surface area contributed by atoms with Crippen LogP contribution in [0.2, 0.25) is 0 Å². The number of hydrogen-bond acceptors (Lipinski definition) is 4. The number of methoxy groups -OCH3 is 2. The fraction of sp³-hybridized carbons (Fsp3) is 0.154. The van der Waals surface area contributed by atoms with Gasteiger partial charge in [0.1, 0.15) is 11.5 Å². The Morgan fingerprint density at radius 1 is 1.11 bits per heavy atom. The van der Waals surface area contributed by atoms with Crippen molar-refractivity contribution < 1.29 is 14.3 Å². The second kappa shape index (κ2) is 5.54. The van der Waals surface area contributed by atoms with Gasteiger partial charge in [-0.25, -0.2) is 0 Å². The first-order valence-corrected chi connectivity index (χ1v) is 6.83. The van der Waals surface area contributed by atoms with Crippen molar-refractivity contribution in [2.24, 2.45) is 0 Å². The summed E-state index contributed by atoms with van der Waals surface area (Å²) in [5.41, 5.74) is 0.556. The molecule has 2 rings (SSSR count). The first-order valence-electron chi connectivity index (χ1n) is 5.16. The monoisotopic (exact) mass is 326 g/mol. The number of halogens is 1. The molecule has 0 amide bonds. The molecule has 94 valence electrons. The molecule has 0 saturated heterocycles. The summed E-state index contributed by atoms with van der Waals surface area (Å²) >= 11 is 4.74. The molecule has 0 saturated carbocycles. The molecule has 0 aliphatic heterocycles. The zero-order valence-corrected chi connectivity index (χ0v) is 12.3. The van der Waals surface area contributed by atoms with Crippen molar-refractivity contribution in [3.63, 3.8) is 0 Å². The van der Waals surface area contributed by atoms with E-state index in [-0.39, 0.29) is 5.78 Å². The van der Waals surface area contributed by atoms with Crippen LogP contribution in [-0.2, 0) is 0 Å². The van der Waals surface area contributed by atoms with Crippen LogP contribution in [0.3, 0.4) is 0 Å². The Kier molecular flexibility index (Phi) is 4.04. The van der Waals surface area contributed by atoms with E-state index in [4.69, 9.17) is 9.47 Å². The third kappa shape index (κ3) is 2.73. The smallest absolute Gasteiger partial charge is 0.203 e. The van der Waals surface area contributed by atoms with Gasteiger partial charge >= 0.3 is 0 Å². The van der Waals surface area contributed by atoms with Crippen LogP contribution in [-0.4, -0.2) is 20.0 Å². The van der Waals surface area contributed by atoms with Gasteiger partial charge in [-0.15, -0.1) is 11.3 Å². The van der Waals surface area contributed by atoms with Gasteiger partial charge in [0.25, 0.3) is 0 Å². The Bertz CT molecular complexity index is 555. The maximum Gasteiger partial charge on any atom is 0.203 e. The molecule has 0 radical (unpaired) electrons. The minimum absolute atomic E-state index is 0.0390. The maximum atomic E-state index is 12.3. The fourth-order valence-corrected chi connectivity index (χ4v) is 2.90. The number of ether oxygens (including phenoxy) is 2. The number of benzene rings is 1. The topological polar surface area (TPSA) is 35.5 Å². The van der Waals surface area contributed by atoms with Crippen molar-refractivity contribution in [3.8, 4) is 11.5 Å². The Balaban J connectivity index is 2.40. The predicted octanol–water partition coefficient (Wildman–Crippen LogP) is 3.76. The quantitative estimate of drug-likeness (QED) is 0.802. The summed E-state index contributed by atoms with van der Waals surface area (Å²) in [7, 11) is 3.12. The third-order valence-electron chi connectivity index (χ3n) is 2.40. The van der Waals surface area contributed by atoms with E-state index in [1.54, 1.807) is 38.5 Å². The molecule has 0 aliphatic carbocycles. The number of ketones is 1. The van der Waals surface area contributed by atoms with Gasteiger partial charge in [-0.1, -0.05) is 0 Å². The van der Waals surface area contributed by atoms with Crippen LogP contribution in [0.15, 0.2) is 34.1 Å². The molecule has 0 fully saturated rings. The minimum Gasteiger partial charge on any atom is -0.497 e. The largest absolute Gasteiger partial charge is 0.497 e. The van der Waals surface area contributed by atoms with Crippen molar-refractivity contribution >= 4 is 33.0 Å². The molecule has 0 bridgehead atoms. The molecule has 1 heterocycles. The molecule has 0 unspecified atom stereocenters. The van der Waals surface area contributed by atoms with Gasteiger partial charge in [0, 0.05) is 21.5 Å². The number of rotatable bonds is 4. The average Bonchev–Trinajstić information content (AvgIpc) is 2.83. The molecule has 3 nitrogen and oxygen atoms in total. The summed E-state index contributed by atoms with van der Waals surface area (Å²) in [6.07, 6.45) is 0. The molecule has 2 aromatic rings. The van der Waals surface area contributed by atoms with Gasteiger partial charge in [0.05, 0.1) is 19.1 Å². The lowest BCUT2D eigenvalue weighted by Crippen LogP contribution is -2.00. The summed E-state index contributed by atoms with van der Waals surface area (Å²) in [5, 5.41) is 1.88. The van der Waals surface area contributed by atoms with Gasteiger partial charge in [-0.3, -0.25) is 4.79 Å². The lowest BCUT2D eigenvalue weighted by atomic mass is 10.1. The van der Waals surface area contributed by atoms with Crippen molar-refractivity contribution in [1.82, 2.24) is 0 Å². The van der Waals surface area contributed by atoms with E-state index in [0.29, 0.717) is 21.9 Å². The highest BCUT2D eigenvalue weighted by Gasteiger charge is 2.14. The molecule has 0 spiro atoms. The van der Waals surface area contributed by atoms with Gasteiger partial charge in [-0.2, -0.15) is 0 Å². The van der Waals surface area contributed by atoms with Gasteiger partial charge in [-0.05, 0) is 34.1 Å². The first-order chi connectivity index (χ1) is 8.63. The Hall–Kier alpha value is -1.33. The number of thiophene rings is 1. The standard InChI is InChI=1S/C13H11BrO3S/c1-16-10-3-8(4-11(6-10)17-2)13(15)12-5-9(14)7-18-12/h3-7H,1-2H3. The molecule has 0 aliphatic rings. The molecule has 5 heteroatoms. The summed E-state index contributed by atoms with van der Waals surface area (Å²) in [4.78, 5) is 13.0. The van der Waals surface area contributed by atoms with Crippen LogP contribution >= 0.6 is 27.3 Å². The van der Waals surface area contributed by atoms with Crippen LogP contribution in [0.1, 0.15) is 15.2 Å². The molecule has 1 aromatic heterocycles. The van der Waals surface area contributed by atoms with E-state index in [0.717, 1.165) is 4.47 Å².